The molecule has 1 saturated carbocycles. The minimum atomic E-state index is -0.313. The molecule has 2 amide bonds. The Hall–Kier alpha value is -1.10. The van der Waals surface area contributed by atoms with E-state index in [0.29, 0.717) is 6.04 Å². The molecule has 17 heavy (non-hydrogen) atoms. The molecule has 0 heterocycles. The molecule has 0 aromatic carbocycles. The molecule has 5 nitrogen and oxygen atoms in total. The molecule has 1 rings (SSSR count). The third-order valence-electron chi connectivity index (χ3n) is 3.02. The summed E-state index contributed by atoms with van der Waals surface area (Å²) in [7, 11) is 3.43. The zero-order valence-electron chi connectivity index (χ0n) is 11.2. The summed E-state index contributed by atoms with van der Waals surface area (Å²) in [4.78, 5) is 26.9. The van der Waals surface area contributed by atoms with Crippen molar-refractivity contribution in [1.82, 2.24) is 15.1 Å². The van der Waals surface area contributed by atoms with E-state index < -0.39 is 0 Å². The predicted octanol–water partition coefficient (Wildman–Crippen LogP) is 0.0636. The number of carbonyl (C=O) groups excluding carboxylic acids is 2. The Morgan fingerprint density at radius 3 is 2.35 bits per heavy atom. The van der Waals surface area contributed by atoms with Gasteiger partial charge in [-0.25, -0.2) is 0 Å². The van der Waals surface area contributed by atoms with Crippen LogP contribution in [0.3, 0.4) is 0 Å². The van der Waals surface area contributed by atoms with Gasteiger partial charge in [0.15, 0.2) is 0 Å². The van der Waals surface area contributed by atoms with Gasteiger partial charge in [-0.05, 0) is 26.7 Å². The fraction of sp³-hybridized carbons (Fsp3) is 0.833. The minimum Gasteiger partial charge on any atom is -0.347 e. The van der Waals surface area contributed by atoms with Gasteiger partial charge in [-0.15, -0.1) is 0 Å². The first-order chi connectivity index (χ1) is 7.97. The lowest BCUT2D eigenvalue weighted by atomic mass is 10.3. The van der Waals surface area contributed by atoms with Crippen LogP contribution in [-0.4, -0.2) is 60.9 Å². The van der Waals surface area contributed by atoms with Gasteiger partial charge in [-0.1, -0.05) is 0 Å². The van der Waals surface area contributed by atoms with Crippen molar-refractivity contribution in [2.24, 2.45) is 0 Å². The molecule has 1 fully saturated rings. The molecule has 0 radical (unpaired) electrons. The van der Waals surface area contributed by atoms with Crippen LogP contribution in [0.2, 0.25) is 0 Å². The maximum atomic E-state index is 11.9. The van der Waals surface area contributed by atoms with Crippen LogP contribution >= 0.6 is 0 Å². The van der Waals surface area contributed by atoms with Crippen molar-refractivity contribution in [2.75, 3.05) is 27.2 Å². The van der Waals surface area contributed by atoms with Gasteiger partial charge < -0.3 is 9.80 Å². The Morgan fingerprint density at radius 1 is 1.35 bits per heavy atom. The molecule has 5 heteroatoms. The van der Waals surface area contributed by atoms with Crippen molar-refractivity contribution < 1.29 is 9.59 Å². The highest BCUT2D eigenvalue weighted by atomic mass is 16.2. The van der Waals surface area contributed by atoms with Crippen LogP contribution in [0.1, 0.15) is 26.7 Å². The quantitative estimate of drug-likeness (QED) is 0.715. The van der Waals surface area contributed by atoms with Crippen LogP contribution in [-0.2, 0) is 9.59 Å². The number of carbonyl (C=O) groups is 2. The van der Waals surface area contributed by atoms with Crippen molar-refractivity contribution in [3.8, 4) is 0 Å². The lowest BCUT2D eigenvalue weighted by Crippen LogP contribution is -2.47. The van der Waals surface area contributed by atoms with Crippen molar-refractivity contribution in [3.05, 3.63) is 0 Å². The molecule has 0 bridgehead atoms. The summed E-state index contributed by atoms with van der Waals surface area (Å²) >= 11 is 0. The number of amides is 2. The Morgan fingerprint density at radius 2 is 1.94 bits per heavy atom. The van der Waals surface area contributed by atoms with Crippen molar-refractivity contribution in [2.45, 2.75) is 38.8 Å². The van der Waals surface area contributed by atoms with Gasteiger partial charge in [0.25, 0.3) is 0 Å². The number of rotatable bonds is 6. The Bertz CT molecular complexity index is 287. The second-order valence-corrected chi connectivity index (χ2v) is 4.75. The van der Waals surface area contributed by atoms with Gasteiger partial charge >= 0.3 is 0 Å². The molecular formula is C12H23N3O2. The molecular weight excluding hydrogens is 218 g/mol. The van der Waals surface area contributed by atoms with Gasteiger partial charge in [0.05, 0.1) is 12.6 Å². The highest BCUT2D eigenvalue weighted by Crippen LogP contribution is 2.26. The maximum Gasteiger partial charge on any atom is 0.238 e. The van der Waals surface area contributed by atoms with Gasteiger partial charge in [0.2, 0.25) is 11.8 Å². The standard InChI is InChI=1S/C12H23N3O2/c1-5-15(10-6-7-10)11(16)8-13-9(2)12(17)14(3)4/h9-10,13H,5-8H2,1-4H3. The zero-order valence-corrected chi connectivity index (χ0v) is 11.2. The highest BCUT2D eigenvalue weighted by molar-refractivity contribution is 5.83. The summed E-state index contributed by atoms with van der Waals surface area (Å²) in [5.41, 5.74) is 0. The minimum absolute atomic E-state index is 0.00716. The summed E-state index contributed by atoms with van der Waals surface area (Å²) in [5, 5.41) is 2.98. The molecule has 0 saturated heterocycles. The van der Waals surface area contributed by atoms with Crippen molar-refractivity contribution >= 4 is 11.8 Å². The van der Waals surface area contributed by atoms with Crippen LogP contribution in [0.25, 0.3) is 0 Å². The number of hydrogen-bond acceptors (Lipinski definition) is 3. The number of nitrogens with zero attached hydrogens (tertiary/aromatic N) is 2. The van der Waals surface area contributed by atoms with E-state index in [1.54, 1.807) is 21.0 Å². The summed E-state index contributed by atoms with van der Waals surface area (Å²) in [6, 6.07) is 0.126. The molecule has 0 aliphatic heterocycles. The van der Waals surface area contributed by atoms with E-state index in [2.05, 4.69) is 5.32 Å². The van der Waals surface area contributed by atoms with E-state index in [-0.39, 0.29) is 24.4 Å². The summed E-state index contributed by atoms with van der Waals surface area (Å²) in [6.45, 7) is 4.76. The van der Waals surface area contributed by atoms with Gasteiger partial charge in [-0.2, -0.15) is 0 Å². The van der Waals surface area contributed by atoms with Crippen LogP contribution in [0, 0.1) is 0 Å². The SMILES string of the molecule is CCN(C(=O)CNC(C)C(=O)N(C)C)C1CC1. The van der Waals surface area contributed by atoms with E-state index in [0.717, 1.165) is 19.4 Å². The predicted molar refractivity (Wildman–Crippen MR) is 66.6 cm³/mol. The first-order valence-electron chi connectivity index (χ1n) is 6.21. The smallest absolute Gasteiger partial charge is 0.238 e. The van der Waals surface area contributed by atoms with Crippen molar-refractivity contribution in [1.29, 1.82) is 0 Å². The largest absolute Gasteiger partial charge is 0.347 e. The highest BCUT2D eigenvalue weighted by Gasteiger charge is 2.31. The lowest BCUT2D eigenvalue weighted by molar-refractivity contribution is -0.132. The summed E-state index contributed by atoms with van der Waals surface area (Å²) in [6.07, 6.45) is 2.23. The third kappa shape index (κ3) is 4.00. The number of likely N-dealkylation sites (N-methyl/N-ethyl adjacent to an activating group) is 2. The van der Waals surface area contributed by atoms with E-state index >= 15 is 0 Å². The van der Waals surface area contributed by atoms with Gasteiger partial charge in [0.1, 0.15) is 0 Å². The monoisotopic (exact) mass is 241 g/mol. The summed E-state index contributed by atoms with van der Waals surface area (Å²) in [5.74, 6) is 0.0840. The second-order valence-electron chi connectivity index (χ2n) is 4.75. The maximum absolute atomic E-state index is 11.9. The zero-order chi connectivity index (χ0) is 13.0. The van der Waals surface area contributed by atoms with E-state index in [4.69, 9.17) is 0 Å². The van der Waals surface area contributed by atoms with Crippen LogP contribution in [0.4, 0.5) is 0 Å². The first kappa shape index (κ1) is 14.0. The van der Waals surface area contributed by atoms with Crippen LogP contribution in [0.5, 0.6) is 0 Å². The Balaban J connectivity index is 2.34. The number of hydrogen-bond donors (Lipinski definition) is 1. The second kappa shape index (κ2) is 6.00. The van der Waals surface area contributed by atoms with Crippen LogP contribution < -0.4 is 5.32 Å². The van der Waals surface area contributed by atoms with E-state index in [1.807, 2.05) is 11.8 Å². The molecule has 1 aliphatic carbocycles. The molecule has 1 aliphatic rings. The van der Waals surface area contributed by atoms with Gasteiger partial charge in [-0.3, -0.25) is 14.9 Å². The average Bonchev–Trinajstić information content (AvgIpc) is 3.10. The fourth-order valence-corrected chi connectivity index (χ4v) is 1.84. The lowest BCUT2D eigenvalue weighted by Gasteiger charge is -2.22. The third-order valence-corrected chi connectivity index (χ3v) is 3.02. The molecule has 0 aromatic rings. The van der Waals surface area contributed by atoms with Crippen molar-refractivity contribution in [3.63, 3.8) is 0 Å². The number of nitrogens with one attached hydrogen (secondary N) is 1. The van der Waals surface area contributed by atoms with E-state index in [1.165, 1.54) is 4.90 Å². The molecule has 1 unspecified atom stereocenters. The Kier molecular flexibility index (Phi) is 4.93. The molecule has 1 N–H and O–H groups in total. The summed E-state index contributed by atoms with van der Waals surface area (Å²) < 4.78 is 0. The average molecular weight is 241 g/mol. The molecule has 1 atom stereocenters. The van der Waals surface area contributed by atoms with E-state index in [9.17, 15) is 9.59 Å². The first-order valence-corrected chi connectivity index (χ1v) is 6.21. The topological polar surface area (TPSA) is 52.7 Å². The molecule has 0 spiro atoms. The van der Waals surface area contributed by atoms with Crippen LogP contribution in [0.15, 0.2) is 0 Å². The van der Waals surface area contributed by atoms with Gasteiger partial charge in [0, 0.05) is 26.7 Å². The molecule has 0 aromatic heterocycles. The fourth-order valence-electron chi connectivity index (χ4n) is 1.84. The normalized spacial score (nSPS) is 16.5. The Labute approximate surface area is 103 Å². The molecule has 98 valence electrons.